The van der Waals surface area contributed by atoms with Crippen LogP contribution in [-0.2, 0) is 16.1 Å². The summed E-state index contributed by atoms with van der Waals surface area (Å²) in [6.45, 7) is 3.19. The van der Waals surface area contributed by atoms with Gasteiger partial charge in [0.1, 0.15) is 24.2 Å². The van der Waals surface area contributed by atoms with Crippen molar-refractivity contribution in [2.24, 2.45) is 0 Å². The van der Waals surface area contributed by atoms with Gasteiger partial charge in [0.25, 0.3) is 0 Å². The van der Waals surface area contributed by atoms with Crippen LogP contribution in [0.1, 0.15) is 43.3 Å². The van der Waals surface area contributed by atoms with Gasteiger partial charge in [-0.3, -0.25) is 9.59 Å². The SMILES string of the molecule is CCOC(=O)C[C@@H](C1=Cc2ccccc2O[C@H]1C)c1oc(CO)cc(=O)c1O. The van der Waals surface area contributed by atoms with Gasteiger partial charge >= 0.3 is 5.97 Å². The molecule has 148 valence electrons. The molecule has 3 rings (SSSR count). The number of fused-ring (bicyclic) bond motifs is 1. The third-order valence-corrected chi connectivity index (χ3v) is 4.57. The van der Waals surface area contributed by atoms with E-state index in [1.165, 1.54) is 0 Å². The standard InChI is InChI=1S/C21H22O7/c1-3-26-19(24)10-16(21-20(25)17(23)9-14(11-22)28-21)15-8-13-6-4-5-7-18(13)27-12(15)2/h4-9,12,16,22,25H,3,10-11H2,1-2H3/t12-,16-/m0/s1. The van der Waals surface area contributed by atoms with Gasteiger partial charge in [-0.05, 0) is 31.6 Å². The Labute approximate surface area is 161 Å². The number of aromatic hydroxyl groups is 1. The molecule has 0 aliphatic carbocycles. The highest BCUT2D eigenvalue weighted by Crippen LogP contribution is 2.40. The molecular weight excluding hydrogens is 364 g/mol. The first-order valence-corrected chi connectivity index (χ1v) is 9.04. The highest BCUT2D eigenvalue weighted by Gasteiger charge is 2.33. The molecule has 0 spiro atoms. The van der Waals surface area contributed by atoms with Gasteiger partial charge in [0.15, 0.2) is 5.76 Å². The maximum atomic E-state index is 12.2. The van der Waals surface area contributed by atoms with Crippen LogP contribution in [0.3, 0.4) is 0 Å². The molecule has 2 heterocycles. The molecule has 0 amide bonds. The van der Waals surface area contributed by atoms with E-state index in [0.717, 1.165) is 11.6 Å². The summed E-state index contributed by atoms with van der Waals surface area (Å²) in [5, 5.41) is 19.7. The molecule has 2 atom stereocenters. The molecular formula is C21H22O7. The highest BCUT2D eigenvalue weighted by molar-refractivity contribution is 5.73. The summed E-state index contributed by atoms with van der Waals surface area (Å²) < 4.78 is 16.6. The summed E-state index contributed by atoms with van der Waals surface area (Å²) in [5.41, 5.74) is 0.773. The second-order valence-corrected chi connectivity index (χ2v) is 6.45. The fourth-order valence-corrected chi connectivity index (χ4v) is 3.26. The van der Waals surface area contributed by atoms with Gasteiger partial charge in [-0.25, -0.2) is 0 Å². The average Bonchev–Trinajstić information content (AvgIpc) is 2.68. The van der Waals surface area contributed by atoms with E-state index in [0.29, 0.717) is 11.3 Å². The molecule has 1 aromatic heterocycles. The molecule has 1 aromatic carbocycles. The molecule has 2 aromatic rings. The minimum absolute atomic E-state index is 0.00274. The molecule has 0 bridgehead atoms. The molecule has 2 N–H and O–H groups in total. The fourth-order valence-electron chi connectivity index (χ4n) is 3.26. The van der Waals surface area contributed by atoms with Crippen LogP contribution in [-0.4, -0.2) is 28.9 Å². The first-order chi connectivity index (χ1) is 13.4. The number of esters is 1. The van der Waals surface area contributed by atoms with E-state index in [9.17, 15) is 19.8 Å². The van der Waals surface area contributed by atoms with E-state index < -0.39 is 35.8 Å². The number of rotatable bonds is 6. The molecule has 7 heteroatoms. The predicted molar refractivity (Wildman–Crippen MR) is 101 cm³/mol. The van der Waals surface area contributed by atoms with Crippen LogP contribution in [0.4, 0.5) is 0 Å². The first kappa shape index (κ1) is 19.7. The zero-order valence-electron chi connectivity index (χ0n) is 15.7. The highest BCUT2D eigenvalue weighted by atomic mass is 16.5. The zero-order valence-corrected chi connectivity index (χ0v) is 15.7. The summed E-state index contributed by atoms with van der Waals surface area (Å²) in [4.78, 5) is 24.3. The lowest BCUT2D eigenvalue weighted by Gasteiger charge is -2.29. The Morgan fingerprint density at radius 3 is 2.79 bits per heavy atom. The smallest absolute Gasteiger partial charge is 0.306 e. The van der Waals surface area contributed by atoms with Crippen LogP contribution in [0.15, 0.2) is 45.1 Å². The second-order valence-electron chi connectivity index (χ2n) is 6.45. The number of benzene rings is 1. The number of para-hydroxylation sites is 1. The van der Waals surface area contributed by atoms with Crippen molar-refractivity contribution in [3.8, 4) is 11.5 Å². The number of carbonyl (C=O) groups excluding carboxylic acids is 1. The van der Waals surface area contributed by atoms with Crippen molar-refractivity contribution < 1.29 is 28.9 Å². The van der Waals surface area contributed by atoms with Gasteiger partial charge in [0.05, 0.1) is 18.9 Å². The molecule has 0 saturated heterocycles. The van der Waals surface area contributed by atoms with Crippen LogP contribution >= 0.6 is 0 Å². The average molecular weight is 386 g/mol. The predicted octanol–water partition coefficient (Wildman–Crippen LogP) is 2.74. The number of ether oxygens (including phenoxy) is 2. The molecule has 7 nitrogen and oxygen atoms in total. The topological polar surface area (TPSA) is 106 Å². The van der Waals surface area contributed by atoms with Crippen LogP contribution in [0, 0.1) is 0 Å². The van der Waals surface area contributed by atoms with Gasteiger partial charge in [0.2, 0.25) is 11.2 Å². The van der Waals surface area contributed by atoms with E-state index in [4.69, 9.17) is 13.9 Å². The maximum Gasteiger partial charge on any atom is 0.306 e. The van der Waals surface area contributed by atoms with Crippen molar-refractivity contribution >= 4 is 12.0 Å². The van der Waals surface area contributed by atoms with Crippen LogP contribution in [0.5, 0.6) is 11.5 Å². The van der Waals surface area contributed by atoms with Crippen molar-refractivity contribution in [3.63, 3.8) is 0 Å². The van der Waals surface area contributed by atoms with Gasteiger partial charge in [-0.1, -0.05) is 18.2 Å². The van der Waals surface area contributed by atoms with Gasteiger partial charge < -0.3 is 24.1 Å². The van der Waals surface area contributed by atoms with Gasteiger partial charge in [-0.2, -0.15) is 0 Å². The quantitative estimate of drug-likeness (QED) is 0.735. The molecule has 1 aliphatic rings. The summed E-state index contributed by atoms with van der Waals surface area (Å²) in [5.74, 6) is -1.29. The van der Waals surface area contributed by atoms with E-state index in [2.05, 4.69) is 0 Å². The summed E-state index contributed by atoms with van der Waals surface area (Å²) in [7, 11) is 0. The largest absolute Gasteiger partial charge is 0.502 e. The molecule has 1 aliphatic heterocycles. The first-order valence-electron chi connectivity index (χ1n) is 9.04. The Morgan fingerprint density at radius 1 is 1.32 bits per heavy atom. The molecule has 28 heavy (non-hydrogen) atoms. The Bertz CT molecular complexity index is 957. The molecule has 0 unspecified atom stereocenters. The lowest BCUT2D eigenvalue weighted by Crippen LogP contribution is -2.26. The fraction of sp³-hybridized carbons (Fsp3) is 0.333. The number of hydrogen-bond acceptors (Lipinski definition) is 7. The molecule has 0 radical (unpaired) electrons. The number of hydrogen-bond donors (Lipinski definition) is 2. The van der Waals surface area contributed by atoms with Gasteiger partial charge in [-0.15, -0.1) is 0 Å². The Kier molecular flexibility index (Phi) is 5.84. The van der Waals surface area contributed by atoms with Crippen molar-refractivity contribution in [1.29, 1.82) is 0 Å². The third-order valence-electron chi connectivity index (χ3n) is 4.57. The lowest BCUT2D eigenvalue weighted by atomic mass is 9.86. The maximum absolute atomic E-state index is 12.2. The van der Waals surface area contributed by atoms with Crippen LogP contribution < -0.4 is 10.2 Å². The van der Waals surface area contributed by atoms with E-state index in [1.807, 2.05) is 37.3 Å². The number of carbonyl (C=O) groups is 1. The van der Waals surface area contributed by atoms with E-state index >= 15 is 0 Å². The van der Waals surface area contributed by atoms with Crippen molar-refractivity contribution in [1.82, 2.24) is 0 Å². The third kappa shape index (κ3) is 3.94. The Hall–Kier alpha value is -3.06. The van der Waals surface area contributed by atoms with Crippen LogP contribution in [0.25, 0.3) is 6.08 Å². The normalized spacial score (nSPS) is 16.5. The summed E-state index contributed by atoms with van der Waals surface area (Å²) >= 11 is 0. The molecule has 0 saturated carbocycles. The van der Waals surface area contributed by atoms with Gasteiger partial charge in [0, 0.05) is 11.6 Å². The van der Waals surface area contributed by atoms with E-state index in [-0.39, 0.29) is 24.5 Å². The minimum Gasteiger partial charge on any atom is -0.502 e. The van der Waals surface area contributed by atoms with Crippen molar-refractivity contribution in [2.45, 2.75) is 38.9 Å². The Morgan fingerprint density at radius 2 is 2.07 bits per heavy atom. The van der Waals surface area contributed by atoms with E-state index in [1.54, 1.807) is 6.92 Å². The number of aliphatic hydroxyl groups excluding tert-OH is 1. The summed E-state index contributed by atoms with van der Waals surface area (Å²) in [6.07, 6.45) is 1.27. The lowest BCUT2D eigenvalue weighted by molar-refractivity contribution is -0.143. The molecule has 0 fully saturated rings. The van der Waals surface area contributed by atoms with Crippen LogP contribution in [0.2, 0.25) is 0 Å². The summed E-state index contributed by atoms with van der Waals surface area (Å²) in [6, 6.07) is 8.43. The zero-order chi connectivity index (χ0) is 20.3. The Balaban J connectivity index is 2.13. The minimum atomic E-state index is -0.790. The second kappa shape index (κ2) is 8.31. The van der Waals surface area contributed by atoms with Crippen molar-refractivity contribution in [3.05, 3.63) is 63.2 Å². The number of aliphatic hydroxyl groups is 1. The monoisotopic (exact) mass is 386 g/mol. The van der Waals surface area contributed by atoms with Crippen molar-refractivity contribution in [2.75, 3.05) is 6.61 Å².